The Balaban J connectivity index is 2.47. The van der Waals surface area contributed by atoms with Gasteiger partial charge in [0.1, 0.15) is 5.54 Å². The molecule has 1 rings (SSSR count). The molecule has 0 aliphatic carbocycles. The molecular weight excluding hydrogens is 290 g/mol. The van der Waals surface area contributed by atoms with Gasteiger partial charge in [-0.1, -0.05) is 11.6 Å². The zero-order chi connectivity index (χ0) is 15.9. The first kappa shape index (κ1) is 18.0. The molecule has 0 radical (unpaired) electrons. The van der Waals surface area contributed by atoms with E-state index in [-0.39, 0.29) is 12.0 Å². The summed E-state index contributed by atoms with van der Waals surface area (Å²) >= 11 is 5.82. The molecule has 0 spiro atoms. The first-order valence-electron chi connectivity index (χ1n) is 7.50. The van der Waals surface area contributed by atoms with E-state index in [4.69, 9.17) is 16.3 Å². The Morgan fingerprint density at radius 1 is 1.52 bits per heavy atom. The lowest BCUT2D eigenvalue weighted by Gasteiger charge is -2.30. The van der Waals surface area contributed by atoms with Gasteiger partial charge in [0.05, 0.1) is 17.8 Å². The molecule has 120 valence electrons. The second-order valence-electron chi connectivity index (χ2n) is 5.73. The third-order valence-electron chi connectivity index (χ3n) is 3.25. The van der Waals surface area contributed by atoms with Gasteiger partial charge in [-0.05, 0) is 47.0 Å². The van der Waals surface area contributed by atoms with Crippen LogP contribution in [0.15, 0.2) is 12.4 Å². The van der Waals surface area contributed by atoms with Gasteiger partial charge in [-0.25, -0.2) is 0 Å². The molecule has 1 N–H and O–H groups in total. The number of carbonyl (C=O) groups excluding carboxylic acids is 1. The summed E-state index contributed by atoms with van der Waals surface area (Å²) in [5.74, 6) is -0.180. The number of ether oxygens (including phenoxy) is 1. The Morgan fingerprint density at radius 3 is 2.76 bits per heavy atom. The van der Waals surface area contributed by atoms with Crippen LogP contribution in [0.2, 0.25) is 5.02 Å². The molecule has 6 heteroatoms. The summed E-state index contributed by atoms with van der Waals surface area (Å²) in [5.41, 5.74) is -0.633. The zero-order valence-electron chi connectivity index (χ0n) is 13.4. The average molecular weight is 316 g/mol. The van der Waals surface area contributed by atoms with Crippen LogP contribution in [0, 0.1) is 0 Å². The van der Waals surface area contributed by atoms with Gasteiger partial charge in [-0.2, -0.15) is 5.10 Å². The molecule has 0 bridgehead atoms. The van der Waals surface area contributed by atoms with E-state index >= 15 is 0 Å². The number of nitrogens with one attached hydrogen (secondary N) is 1. The highest BCUT2D eigenvalue weighted by molar-refractivity contribution is 6.30. The predicted molar refractivity (Wildman–Crippen MR) is 84.4 cm³/mol. The minimum Gasteiger partial charge on any atom is -0.465 e. The van der Waals surface area contributed by atoms with Crippen LogP contribution in [0.1, 0.15) is 47.0 Å². The molecular formula is C15H26ClN3O2. The van der Waals surface area contributed by atoms with E-state index in [9.17, 15) is 4.79 Å². The number of carbonyl (C=O) groups is 1. The maximum absolute atomic E-state index is 12.1. The van der Waals surface area contributed by atoms with E-state index < -0.39 is 5.54 Å². The first-order valence-corrected chi connectivity index (χ1v) is 7.88. The number of rotatable bonds is 9. The number of hydrogen-bond donors (Lipinski definition) is 1. The van der Waals surface area contributed by atoms with Crippen molar-refractivity contribution in [3.8, 4) is 0 Å². The lowest BCUT2D eigenvalue weighted by atomic mass is 9.94. The number of halogens is 1. The van der Waals surface area contributed by atoms with Crippen molar-refractivity contribution < 1.29 is 9.53 Å². The van der Waals surface area contributed by atoms with E-state index in [0.717, 1.165) is 25.8 Å². The van der Waals surface area contributed by atoms with Gasteiger partial charge >= 0.3 is 5.97 Å². The normalized spacial score (nSPS) is 14.2. The van der Waals surface area contributed by atoms with Crippen LogP contribution in [0.4, 0.5) is 0 Å². The van der Waals surface area contributed by atoms with Gasteiger partial charge in [0.2, 0.25) is 0 Å². The summed E-state index contributed by atoms with van der Waals surface area (Å²) in [7, 11) is 0. The summed E-state index contributed by atoms with van der Waals surface area (Å²) in [6, 6.07) is 0.226. The van der Waals surface area contributed by atoms with Gasteiger partial charge in [0, 0.05) is 18.8 Å². The third kappa shape index (κ3) is 6.06. The van der Waals surface area contributed by atoms with Gasteiger partial charge < -0.3 is 4.74 Å². The SMILES string of the molecule is CCOC(=O)C(C)(CCCCn1cc(Cl)cn1)NC(C)C. The molecule has 0 saturated heterocycles. The van der Waals surface area contributed by atoms with Crippen molar-refractivity contribution in [3.05, 3.63) is 17.4 Å². The number of aromatic nitrogens is 2. The van der Waals surface area contributed by atoms with Gasteiger partial charge in [0.25, 0.3) is 0 Å². The quantitative estimate of drug-likeness (QED) is 0.562. The monoisotopic (exact) mass is 315 g/mol. The number of unbranched alkanes of at least 4 members (excludes halogenated alkanes) is 1. The summed E-state index contributed by atoms with van der Waals surface area (Å²) < 4.78 is 7.01. The van der Waals surface area contributed by atoms with Gasteiger partial charge in [-0.15, -0.1) is 0 Å². The van der Waals surface area contributed by atoms with Crippen molar-refractivity contribution in [2.24, 2.45) is 0 Å². The highest BCUT2D eigenvalue weighted by Gasteiger charge is 2.34. The smallest absolute Gasteiger partial charge is 0.326 e. The van der Waals surface area contributed by atoms with Crippen LogP contribution >= 0.6 is 11.6 Å². The second kappa shape index (κ2) is 8.39. The minimum atomic E-state index is -0.633. The number of aryl methyl sites for hydroxylation is 1. The van der Waals surface area contributed by atoms with Crippen molar-refractivity contribution in [2.45, 2.75) is 65.1 Å². The van der Waals surface area contributed by atoms with E-state index in [0.29, 0.717) is 11.6 Å². The van der Waals surface area contributed by atoms with Crippen molar-refractivity contribution in [1.82, 2.24) is 15.1 Å². The standard InChI is InChI=1S/C15H26ClN3O2/c1-5-21-14(20)15(4,18-12(2)3)8-6-7-9-19-11-13(16)10-17-19/h10-12,18H,5-9H2,1-4H3. The molecule has 21 heavy (non-hydrogen) atoms. The Hall–Kier alpha value is -1.07. The fraction of sp³-hybridized carbons (Fsp3) is 0.733. The fourth-order valence-corrected chi connectivity index (χ4v) is 2.53. The Labute approximate surface area is 132 Å². The molecule has 1 atom stereocenters. The van der Waals surface area contributed by atoms with E-state index in [1.165, 1.54) is 0 Å². The second-order valence-corrected chi connectivity index (χ2v) is 6.17. The summed E-state index contributed by atoms with van der Waals surface area (Å²) in [6.45, 7) is 9.00. The summed E-state index contributed by atoms with van der Waals surface area (Å²) in [6.07, 6.45) is 6.02. The van der Waals surface area contributed by atoms with Crippen LogP contribution in [-0.4, -0.2) is 33.9 Å². The molecule has 1 heterocycles. The molecule has 1 aromatic rings. The molecule has 1 aromatic heterocycles. The topological polar surface area (TPSA) is 56.2 Å². The molecule has 1 unspecified atom stereocenters. The van der Waals surface area contributed by atoms with E-state index in [2.05, 4.69) is 10.4 Å². The molecule has 0 aromatic carbocycles. The Bertz CT molecular complexity index is 448. The Morgan fingerprint density at radius 2 is 2.24 bits per heavy atom. The predicted octanol–water partition coefficient (Wildman–Crippen LogP) is 3.03. The maximum atomic E-state index is 12.1. The van der Waals surface area contributed by atoms with Crippen LogP contribution in [0.25, 0.3) is 0 Å². The molecule has 0 amide bonds. The molecule has 5 nitrogen and oxygen atoms in total. The van der Waals surface area contributed by atoms with Gasteiger partial charge in [0.15, 0.2) is 0 Å². The fourth-order valence-electron chi connectivity index (χ4n) is 2.37. The zero-order valence-corrected chi connectivity index (χ0v) is 14.1. The highest BCUT2D eigenvalue weighted by atomic mass is 35.5. The summed E-state index contributed by atoms with van der Waals surface area (Å²) in [4.78, 5) is 12.1. The molecule has 0 aliphatic heterocycles. The van der Waals surface area contributed by atoms with E-state index in [1.807, 2.05) is 32.4 Å². The minimum absolute atomic E-state index is 0.180. The Kier molecular flexibility index (Phi) is 7.18. The molecule has 0 saturated carbocycles. The number of nitrogens with zero attached hydrogens (tertiary/aromatic N) is 2. The maximum Gasteiger partial charge on any atom is 0.326 e. The third-order valence-corrected chi connectivity index (χ3v) is 3.44. The van der Waals surface area contributed by atoms with Crippen molar-refractivity contribution in [2.75, 3.05) is 6.61 Å². The highest BCUT2D eigenvalue weighted by Crippen LogP contribution is 2.18. The van der Waals surface area contributed by atoms with Crippen molar-refractivity contribution in [1.29, 1.82) is 0 Å². The van der Waals surface area contributed by atoms with Crippen LogP contribution in [0.3, 0.4) is 0 Å². The largest absolute Gasteiger partial charge is 0.465 e. The lowest BCUT2D eigenvalue weighted by Crippen LogP contribution is -2.53. The lowest BCUT2D eigenvalue weighted by molar-refractivity contribution is -0.151. The summed E-state index contributed by atoms with van der Waals surface area (Å²) in [5, 5.41) is 8.11. The average Bonchev–Trinajstić information content (AvgIpc) is 2.80. The van der Waals surface area contributed by atoms with Gasteiger partial charge in [-0.3, -0.25) is 14.8 Å². The van der Waals surface area contributed by atoms with Crippen molar-refractivity contribution >= 4 is 17.6 Å². The molecule has 0 fully saturated rings. The number of esters is 1. The van der Waals surface area contributed by atoms with Crippen LogP contribution in [0.5, 0.6) is 0 Å². The van der Waals surface area contributed by atoms with Crippen molar-refractivity contribution in [3.63, 3.8) is 0 Å². The van der Waals surface area contributed by atoms with E-state index in [1.54, 1.807) is 12.4 Å². The first-order chi connectivity index (χ1) is 9.87. The number of hydrogen-bond acceptors (Lipinski definition) is 4. The van der Waals surface area contributed by atoms with Crippen LogP contribution in [-0.2, 0) is 16.1 Å². The van der Waals surface area contributed by atoms with Crippen LogP contribution < -0.4 is 5.32 Å². The molecule has 0 aliphatic rings.